The number of hydrogen-bond acceptors (Lipinski definition) is 14. The number of halogens is 1. The molecule has 5 heterocycles. The van der Waals surface area contributed by atoms with Gasteiger partial charge < -0.3 is 59.1 Å². The Morgan fingerprint density at radius 1 is 0.917 bits per heavy atom. The van der Waals surface area contributed by atoms with E-state index >= 15 is 0 Å². The van der Waals surface area contributed by atoms with Gasteiger partial charge in [-0.25, -0.2) is 4.79 Å². The van der Waals surface area contributed by atoms with Gasteiger partial charge in [-0.1, -0.05) is 107 Å². The highest BCUT2D eigenvalue weighted by Crippen LogP contribution is 2.74. The van der Waals surface area contributed by atoms with Gasteiger partial charge in [-0.15, -0.1) is 0 Å². The Kier molecular flexibility index (Phi) is 10.2. The summed E-state index contributed by atoms with van der Waals surface area (Å²) in [5.41, 5.74) is -9.39. The molecule has 2 saturated carbocycles. The first-order valence-electron chi connectivity index (χ1n) is 21.0. The van der Waals surface area contributed by atoms with Crippen LogP contribution in [0.3, 0.4) is 0 Å². The lowest BCUT2D eigenvalue weighted by Gasteiger charge is -2.73. The molecule has 3 aliphatic carbocycles. The Bertz CT molecular complexity index is 2100. The number of carbonyl (C=O) groups is 2. The lowest BCUT2D eigenvalue weighted by atomic mass is 9.50. The molecule has 7 fully saturated rings. The van der Waals surface area contributed by atoms with E-state index in [1.165, 1.54) is 18.2 Å². The average molecular weight is 853 g/mol. The summed E-state index contributed by atoms with van der Waals surface area (Å²) in [6, 6.07) is 14.5. The van der Waals surface area contributed by atoms with Crippen molar-refractivity contribution in [3.63, 3.8) is 0 Å². The van der Waals surface area contributed by atoms with Crippen molar-refractivity contribution >= 4 is 23.5 Å². The highest BCUT2D eigenvalue weighted by Gasteiger charge is 2.90. The first kappa shape index (κ1) is 41.9. The largest absolute Gasteiger partial charge is 0.507 e. The summed E-state index contributed by atoms with van der Waals surface area (Å²) in [4.78, 5) is 27.5. The number of fused-ring (bicyclic) bond motifs is 1. The van der Waals surface area contributed by atoms with Crippen molar-refractivity contribution in [3.8, 4) is 5.75 Å². The molecule has 324 valence electrons. The van der Waals surface area contributed by atoms with E-state index in [0.717, 1.165) is 24.8 Å². The molecule has 6 N–H and O–H groups in total. The van der Waals surface area contributed by atoms with E-state index in [0.29, 0.717) is 24.8 Å². The first-order chi connectivity index (χ1) is 28.6. The molecule has 14 nitrogen and oxygen atoms in total. The summed E-state index contributed by atoms with van der Waals surface area (Å²) >= 11 is 6.48. The number of phenols is 1. The lowest BCUT2D eigenvalue weighted by molar-refractivity contribution is -0.584. The summed E-state index contributed by atoms with van der Waals surface area (Å²) in [6.07, 6.45) is -2.01. The molecule has 1 spiro atoms. The van der Waals surface area contributed by atoms with E-state index in [1.54, 1.807) is 56.3 Å². The van der Waals surface area contributed by atoms with Crippen LogP contribution >= 0.6 is 11.6 Å². The van der Waals surface area contributed by atoms with Gasteiger partial charge in [-0.05, 0) is 37.0 Å². The number of esters is 2. The van der Waals surface area contributed by atoms with Crippen LogP contribution in [0.25, 0.3) is 0 Å². The van der Waals surface area contributed by atoms with Crippen molar-refractivity contribution in [3.05, 3.63) is 88.5 Å². The summed E-state index contributed by atoms with van der Waals surface area (Å²) in [5, 5.41) is 74.7. The minimum Gasteiger partial charge on any atom is -0.507 e. The second-order valence-corrected chi connectivity index (χ2v) is 18.4. The smallest absolute Gasteiger partial charge is 0.342 e. The maximum absolute atomic E-state index is 13.9. The molecular weight excluding hydrogens is 800 g/mol. The van der Waals surface area contributed by atoms with E-state index in [1.807, 2.05) is 6.92 Å². The van der Waals surface area contributed by atoms with Gasteiger partial charge in [0.15, 0.2) is 11.7 Å². The molecule has 0 amide bonds. The number of aromatic hydroxyl groups is 1. The third kappa shape index (κ3) is 5.65. The maximum Gasteiger partial charge on any atom is 0.342 e. The van der Waals surface area contributed by atoms with Gasteiger partial charge in [0.2, 0.25) is 0 Å². The van der Waals surface area contributed by atoms with E-state index < -0.39 is 107 Å². The van der Waals surface area contributed by atoms with Crippen molar-refractivity contribution in [1.82, 2.24) is 0 Å². The number of epoxide rings is 1. The van der Waals surface area contributed by atoms with E-state index in [2.05, 4.69) is 0 Å². The standard InChI is InChI=1S/C45H53ClO14/c1-24-13-7-4-5-8-14-25(2)37(49)56-34-27(21-46)19-31-42(34,53)39(51)41(22-47)35(57-41)32-36-44(54,40(52,20-24)23-55-38(50)29-17-11-12-18-30(29)48)33-26(3)43(31,32)60-45(58-33,59-36)28-15-9-6-10-16-28/h6,9-12,15-19,21,24-26,32-36,39,47-48,51-54H,4-5,7-8,13-14,20,22-23H2,1-3H3. The minimum atomic E-state index is -2.51. The van der Waals surface area contributed by atoms with Gasteiger partial charge in [0.25, 0.3) is 0 Å². The summed E-state index contributed by atoms with van der Waals surface area (Å²) in [5.74, 6) is -7.05. The topological polar surface area (TPSA) is 214 Å². The molecule has 15 unspecified atom stereocenters. The highest BCUT2D eigenvalue weighted by atomic mass is 35.5. The molecule has 8 bridgehead atoms. The molecule has 10 rings (SSSR count). The van der Waals surface area contributed by atoms with E-state index in [4.69, 9.17) is 40.0 Å². The van der Waals surface area contributed by atoms with Gasteiger partial charge in [0, 0.05) is 28.2 Å². The molecule has 2 aromatic carbocycles. The number of rotatable bonds is 5. The Labute approximate surface area is 352 Å². The van der Waals surface area contributed by atoms with Crippen LogP contribution in [-0.4, -0.2) is 114 Å². The predicted octanol–water partition coefficient (Wildman–Crippen LogP) is 3.87. The molecule has 0 radical (unpaired) electrons. The van der Waals surface area contributed by atoms with Crippen LogP contribution in [0.1, 0.15) is 81.6 Å². The SMILES string of the molecule is CC1CCCCCCC(C)C(=O)OC2C(=CCl)C=C3C2(O)C(O)C2(CO)OC2C2C4OC5(c6ccccc6)OC(C(C)C32O5)C4(O)C(O)(COC(=O)c2ccccc2O)C1. The van der Waals surface area contributed by atoms with E-state index in [9.17, 15) is 40.2 Å². The quantitative estimate of drug-likeness (QED) is 0.186. The zero-order valence-corrected chi connectivity index (χ0v) is 34.5. The van der Waals surface area contributed by atoms with Crippen molar-refractivity contribution in [2.75, 3.05) is 13.2 Å². The summed E-state index contributed by atoms with van der Waals surface area (Å²) in [7, 11) is 0. The fourth-order valence-electron chi connectivity index (χ4n) is 11.6. The number of hydrogen-bond donors (Lipinski definition) is 6. The summed E-state index contributed by atoms with van der Waals surface area (Å²) in [6.45, 7) is 3.82. The third-order valence-electron chi connectivity index (χ3n) is 14.7. The highest BCUT2D eigenvalue weighted by molar-refractivity contribution is 6.26. The maximum atomic E-state index is 13.9. The van der Waals surface area contributed by atoms with Gasteiger partial charge in [-0.3, -0.25) is 4.79 Å². The third-order valence-corrected chi connectivity index (χ3v) is 15.0. The number of ether oxygens (including phenoxy) is 6. The Hall–Kier alpha value is -3.41. The molecule has 2 aromatic rings. The molecule has 5 saturated heterocycles. The molecular formula is C45H53ClO14. The average Bonchev–Trinajstić information content (AvgIpc) is 3.91. The van der Waals surface area contributed by atoms with Crippen LogP contribution in [0.15, 0.2) is 77.4 Å². The Morgan fingerprint density at radius 3 is 2.30 bits per heavy atom. The zero-order valence-electron chi connectivity index (χ0n) is 33.7. The minimum absolute atomic E-state index is 0.0470. The Balaban J connectivity index is 1.27. The van der Waals surface area contributed by atoms with E-state index in [-0.39, 0.29) is 34.8 Å². The van der Waals surface area contributed by atoms with Crippen LogP contribution in [0.5, 0.6) is 5.75 Å². The second-order valence-electron chi connectivity index (χ2n) is 18.2. The van der Waals surface area contributed by atoms with Crippen molar-refractivity contribution in [2.24, 2.45) is 23.7 Å². The van der Waals surface area contributed by atoms with Gasteiger partial charge >= 0.3 is 17.9 Å². The number of benzene rings is 2. The van der Waals surface area contributed by atoms with Crippen LogP contribution < -0.4 is 0 Å². The van der Waals surface area contributed by atoms with Crippen molar-refractivity contribution in [1.29, 1.82) is 0 Å². The lowest BCUT2D eigenvalue weighted by Crippen LogP contribution is -2.89. The number of carbonyl (C=O) groups excluding carboxylic acids is 2. The van der Waals surface area contributed by atoms with Gasteiger partial charge in [-0.2, -0.15) is 0 Å². The zero-order chi connectivity index (χ0) is 42.6. The number of aliphatic hydroxyl groups is 5. The number of phenolic OH excluding ortho intramolecular Hbond substituents is 1. The van der Waals surface area contributed by atoms with Crippen LogP contribution in [0.2, 0.25) is 0 Å². The molecule has 8 aliphatic rings. The van der Waals surface area contributed by atoms with Crippen LogP contribution in [0, 0.1) is 23.7 Å². The monoisotopic (exact) mass is 852 g/mol. The summed E-state index contributed by atoms with van der Waals surface area (Å²) < 4.78 is 39.2. The molecule has 15 atom stereocenters. The van der Waals surface area contributed by atoms with Gasteiger partial charge in [0.05, 0.1) is 18.4 Å². The van der Waals surface area contributed by atoms with Gasteiger partial charge in [0.1, 0.15) is 64.7 Å². The van der Waals surface area contributed by atoms with Crippen molar-refractivity contribution < 1.29 is 68.6 Å². The predicted molar refractivity (Wildman–Crippen MR) is 211 cm³/mol. The van der Waals surface area contributed by atoms with Crippen molar-refractivity contribution in [2.45, 2.75) is 130 Å². The molecule has 0 aromatic heterocycles. The fraction of sp³-hybridized carbons (Fsp3) is 0.600. The normalized spacial score (nSPS) is 46.5. The van der Waals surface area contributed by atoms with Crippen LogP contribution in [0.4, 0.5) is 0 Å². The number of para-hydroxylation sites is 1. The Morgan fingerprint density at radius 2 is 1.60 bits per heavy atom. The number of aliphatic hydroxyl groups excluding tert-OH is 2. The molecule has 5 aliphatic heterocycles. The second kappa shape index (κ2) is 14.6. The fourth-order valence-corrected chi connectivity index (χ4v) is 11.8. The first-order valence-corrected chi connectivity index (χ1v) is 21.5. The molecule has 60 heavy (non-hydrogen) atoms. The van der Waals surface area contributed by atoms with Crippen LogP contribution in [-0.2, 0) is 39.2 Å². The molecule has 15 heteroatoms.